The maximum atomic E-state index is 11.8. The van der Waals surface area contributed by atoms with Crippen molar-refractivity contribution in [3.63, 3.8) is 0 Å². The van der Waals surface area contributed by atoms with Gasteiger partial charge in [0.2, 0.25) is 5.91 Å². The minimum Gasteiger partial charge on any atom is -0.383 e. The van der Waals surface area contributed by atoms with Crippen molar-refractivity contribution in [2.45, 2.75) is 44.2 Å². The van der Waals surface area contributed by atoms with Crippen molar-refractivity contribution in [1.82, 2.24) is 14.7 Å². The Hall–Kier alpha value is -1.40. The summed E-state index contributed by atoms with van der Waals surface area (Å²) in [4.78, 5) is 14.4. The number of carbonyl (C=O) groups is 1. The van der Waals surface area contributed by atoms with Crippen LogP contribution in [0.4, 0.5) is 5.69 Å². The standard InChI is InChI=1S/C17H26N4O2/c1-23-11-16-6-15(10-20(16)8-12-2-3-12)21-9-14(7-18-21)19-17(22)13-4-5-13/h7,9,12-13,15-16H,2-6,8,10-11H2,1H3,(H,19,22)/t15-,16-/m0/s1. The monoisotopic (exact) mass is 318 g/mol. The molecule has 0 radical (unpaired) electrons. The van der Waals surface area contributed by atoms with E-state index in [4.69, 9.17) is 4.74 Å². The molecular weight excluding hydrogens is 292 g/mol. The zero-order chi connectivity index (χ0) is 15.8. The molecule has 6 nitrogen and oxygen atoms in total. The fourth-order valence-corrected chi connectivity index (χ4v) is 3.56. The summed E-state index contributed by atoms with van der Waals surface area (Å²) >= 11 is 0. The van der Waals surface area contributed by atoms with E-state index >= 15 is 0 Å². The highest BCUT2D eigenvalue weighted by Gasteiger charge is 2.37. The number of carbonyl (C=O) groups excluding carboxylic acids is 1. The summed E-state index contributed by atoms with van der Waals surface area (Å²) in [5.41, 5.74) is 0.825. The van der Waals surface area contributed by atoms with Gasteiger partial charge in [0.15, 0.2) is 0 Å². The van der Waals surface area contributed by atoms with Gasteiger partial charge in [-0.2, -0.15) is 5.10 Å². The van der Waals surface area contributed by atoms with Crippen LogP contribution in [-0.4, -0.2) is 53.4 Å². The summed E-state index contributed by atoms with van der Waals surface area (Å²) in [7, 11) is 1.78. The lowest BCUT2D eigenvalue weighted by atomic mass is 10.2. The van der Waals surface area contributed by atoms with Crippen LogP contribution in [0, 0.1) is 11.8 Å². The predicted octanol–water partition coefficient (Wildman–Crippen LogP) is 1.90. The number of nitrogens with one attached hydrogen (secondary N) is 1. The summed E-state index contributed by atoms with van der Waals surface area (Å²) in [5.74, 6) is 1.26. The summed E-state index contributed by atoms with van der Waals surface area (Å²) in [6.07, 6.45) is 9.62. The number of hydrogen-bond acceptors (Lipinski definition) is 4. The summed E-state index contributed by atoms with van der Waals surface area (Å²) in [5, 5.41) is 7.47. The molecule has 1 amide bonds. The van der Waals surface area contributed by atoms with Crippen molar-refractivity contribution >= 4 is 11.6 Å². The first-order valence-corrected chi connectivity index (χ1v) is 8.81. The van der Waals surface area contributed by atoms with E-state index in [9.17, 15) is 4.79 Å². The van der Waals surface area contributed by atoms with Gasteiger partial charge in [-0.05, 0) is 38.0 Å². The van der Waals surface area contributed by atoms with E-state index < -0.39 is 0 Å². The van der Waals surface area contributed by atoms with Gasteiger partial charge in [0.05, 0.1) is 24.5 Å². The molecule has 0 unspecified atom stereocenters. The maximum Gasteiger partial charge on any atom is 0.227 e. The molecular formula is C17H26N4O2. The van der Waals surface area contributed by atoms with Crippen LogP contribution in [0.1, 0.15) is 38.1 Å². The van der Waals surface area contributed by atoms with Crippen LogP contribution in [0.25, 0.3) is 0 Å². The Morgan fingerprint density at radius 1 is 1.39 bits per heavy atom. The lowest BCUT2D eigenvalue weighted by molar-refractivity contribution is -0.117. The first kappa shape index (κ1) is 15.1. The van der Waals surface area contributed by atoms with Gasteiger partial charge >= 0.3 is 0 Å². The number of likely N-dealkylation sites (tertiary alicyclic amines) is 1. The number of methoxy groups -OCH3 is 1. The number of hydrogen-bond donors (Lipinski definition) is 1. The molecule has 2 aliphatic carbocycles. The Morgan fingerprint density at radius 2 is 2.22 bits per heavy atom. The fourth-order valence-electron chi connectivity index (χ4n) is 3.56. The Labute approximate surface area is 137 Å². The number of anilines is 1. The van der Waals surface area contributed by atoms with Crippen LogP contribution in [0.2, 0.25) is 0 Å². The average Bonchev–Trinajstić information content (AvgIpc) is 3.44. The van der Waals surface area contributed by atoms with Gasteiger partial charge < -0.3 is 10.1 Å². The highest BCUT2D eigenvalue weighted by atomic mass is 16.5. The molecule has 1 aromatic heterocycles. The Balaban J connectivity index is 1.38. The fraction of sp³-hybridized carbons (Fsp3) is 0.765. The first-order valence-electron chi connectivity index (χ1n) is 8.81. The molecule has 23 heavy (non-hydrogen) atoms. The van der Waals surface area contributed by atoms with Crippen molar-refractivity contribution in [3.8, 4) is 0 Å². The Bertz CT molecular complexity index is 565. The molecule has 2 heterocycles. The second-order valence-corrected chi connectivity index (χ2v) is 7.37. The van der Waals surface area contributed by atoms with Crippen molar-refractivity contribution in [3.05, 3.63) is 12.4 Å². The molecule has 0 aromatic carbocycles. The molecule has 1 saturated heterocycles. The van der Waals surface area contributed by atoms with E-state index in [-0.39, 0.29) is 11.8 Å². The van der Waals surface area contributed by atoms with Gasteiger partial charge in [-0.15, -0.1) is 0 Å². The van der Waals surface area contributed by atoms with Crippen molar-refractivity contribution in [1.29, 1.82) is 0 Å². The van der Waals surface area contributed by atoms with Crippen LogP contribution >= 0.6 is 0 Å². The van der Waals surface area contributed by atoms with E-state index in [2.05, 4.69) is 15.3 Å². The summed E-state index contributed by atoms with van der Waals surface area (Å²) in [6.45, 7) is 3.01. The molecule has 0 spiro atoms. The van der Waals surface area contributed by atoms with Crippen LogP contribution in [0.3, 0.4) is 0 Å². The van der Waals surface area contributed by atoms with Crippen molar-refractivity contribution in [2.24, 2.45) is 11.8 Å². The van der Waals surface area contributed by atoms with Gasteiger partial charge in [-0.1, -0.05) is 0 Å². The SMILES string of the molecule is COC[C@@H]1C[C@H](n2cc(NC(=O)C3CC3)cn2)CN1CC1CC1. The highest BCUT2D eigenvalue weighted by molar-refractivity contribution is 5.93. The average molecular weight is 318 g/mol. The second-order valence-electron chi connectivity index (χ2n) is 7.37. The Kier molecular flexibility index (Phi) is 4.11. The molecule has 126 valence electrons. The second kappa shape index (κ2) is 6.24. The highest BCUT2D eigenvalue weighted by Crippen LogP contribution is 2.35. The zero-order valence-electron chi connectivity index (χ0n) is 13.8. The number of nitrogens with zero attached hydrogens (tertiary/aromatic N) is 3. The zero-order valence-corrected chi connectivity index (χ0v) is 13.8. The summed E-state index contributed by atoms with van der Waals surface area (Å²) < 4.78 is 7.43. The normalized spacial score (nSPS) is 28.2. The number of aromatic nitrogens is 2. The molecule has 1 aromatic rings. The largest absolute Gasteiger partial charge is 0.383 e. The van der Waals surface area contributed by atoms with E-state index in [0.717, 1.165) is 44.0 Å². The van der Waals surface area contributed by atoms with Crippen LogP contribution in [0.5, 0.6) is 0 Å². The molecule has 3 aliphatic rings. The lowest BCUT2D eigenvalue weighted by Gasteiger charge is -2.23. The quantitative estimate of drug-likeness (QED) is 0.834. The van der Waals surface area contributed by atoms with Crippen LogP contribution in [0.15, 0.2) is 12.4 Å². The van der Waals surface area contributed by atoms with Crippen molar-refractivity contribution < 1.29 is 9.53 Å². The van der Waals surface area contributed by atoms with E-state index in [1.807, 2.05) is 10.9 Å². The van der Waals surface area contributed by atoms with E-state index in [1.165, 1.54) is 19.4 Å². The van der Waals surface area contributed by atoms with Crippen LogP contribution in [-0.2, 0) is 9.53 Å². The minimum absolute atomic E-state index is 0.142. The maximum absolute atomic E-state index is 11.8. The topological polar surface area (TPSA) is 59.4 Å². The molecule has 6 heteroatoms. The summed E-state index contributed by atoms with van der Waals surface area (Å²) in [6, 6.07) is 0.861. The van der Waals surface area contributed by atoms with Gasteiger partial charge in [-0.25, -0.2) is 0 Å². The molecule has 2 atom stereocenters. The van der Waals surface area contributed by atoms with Crippen LogP contribution < -0.4 is 5.32 Å². The molecule has 0 bridgehead atoms. The number of ether oxygens (including phenoxy) is 1. The number of amides is 1. The van der Waals surface area contributed by atoms with Gasteiger partial charge in [-0.3, -0.25) is 14.4 Å². The lowest BCUT2D eigenvalue weighted by Crippen LogP contribution is -2.34. The predicted molar refractivity (Wildman–Crippen MR) is 87.2 cm³/mol. The van der Waals surface area contributed by atoms with Crippen molar-refractivity contribution in [2.75, 3.05) is 32.1 Å². The molecule has 1 aliphatic heterocycles. The molecule has 2 saturated carbocycles. The Morgan fingerprint density at radius 3 is 2.91 bits per heavy atom. The van der Waals surface area contributed by atoms with Gasteiger partial charge in [0, 0.05) is 38.4 Å². The molecule has 3 fully saturated rings. The van der Waals surface area contributed by atoms with Gasteiger partial charge in [0.1, 0.15) is 0 Å². The third kappa shape index (κ3) is 3.58. The van der Waals surface area contributed by atoms with E-state index in [1.54, 1.807) is 13.3 Å². The van der Waals surface area contributed by atoms with Gasteiger partial charge in [0.25, 0.3) is 0 Å². The first-order chi connectivity index (χ1) is 11.2. The molecule has 1 N–H and O–H groups in total. The van der Waals surface area contributed by atoms with E-state index in [0.29, 0.717) is 12.1 Å². The number of rotatable bonds is 7. The smallest absolute Gasteiger partial charge is 0.227 e. The molecule has 4 rings (SSSR count). The third-order valence-corrected chi connectivity index (χ3v) is 5.25. The minimum atomic E-state index is 0.142. The third-order valence-electron chi connectivity index (χ3n) is 5.25.